The Bertz CT molecular complexity index is 1380. The summed E-state index contributed by atoms with van der Waals surface area (Å²) in [6.07, 6.45) is 0.138. The van der Waals surface area contributed by atoms with Crippen LogP contribution in [0.5, 0.6) is 11.5 Å². The van der Waals surface area contributed by atoms with Crippen LogP contribution in [0.1, 0.15) is 16.1 Å². The van der Waals surface area contributed by atoms with Crippen LogP contribution in [0, 0.1) is 0 Å². The fourth-order valence-corrected chi connectivity index (χ4v) is 4.63. The first-order valence-corrected chi connectivity index (χ1v) is 10.9. The van der Waals surface area contributed by atoms with E-state index in [1.165, 1.54) is 11.3 Å². The first-order chi connectivity index (χ1) is 15.7. The molecule has 2 aromatic heterocycles. The molecule has 0 bridgehead atoms. The van der Waals surface area contributed by atoms with E-state index in [9.17, 15) is 9.59 Å². The lowest BCUT2D eigenvalue weighted by molar-refractivity contribution is -0.117. The summed E-state index contributed by atoms with van der Waals surface area (Å²) >= 11 is 1.28. The number of hydrogen-bond donors (Lipinski definition) is 1. The molecule has 0 saturated carbocycles. The molecule has 0 fully saturated rings. The van der Waals surface area contributed by atoms with Crippen molar-refractivity contribution in [3.63, 3.8) is 0 Å². The molecule has 9 nitrogen and oxygen atoms in total. The average Bonchev–Trinajstić information content (AvgIpc) is 3.57. The van der Waals surface area contributed by atoms with Gasteiger partial charge in [0.2, 0.25) is 18.6 Å². The van der Waals surface area contributed by atoms with Crippen LogP contribution >= 0.6 is 11.3 Å². The Kier molecular flexibility index (Phi) is 4.32. The number of para-hydroxylation sites is 2. The highest BCUT2D eigenvalue weighted by Crippen LogP contribution is 2.33. The number of benzene rings is 2. The monoisotopic (exact) mass is 447 g/mol. The zero-order valence-corrected chi connectivity index (χ0v) is 17.6. The molecular formula is C22H17N5O4S. The second-order valence-electron chi connectivity index (χ2n) is 7.44. The van der Waals surface area contributed by atoms with Crippen LogP contribution in [-0.4, -0.2) is 39.7 Å². The van der Waals surface area contributed by atoms with Crippen LogP contribution in [0.3, 0.4) is 0 Å². The molecule has 0 unspecified atom stereocenters. The number of imidazole rings is 1. The molecule has 4 heterocycles. The van der Waals surface area contributed by atoms with Crippen molar-refractivity contribution in [2.24, 2.45) is 0 Å². The number of carbonyl (C=O) groups excluding carboxylic acids is 2. The standard InChI is InChI=1S/C22H17N5O4S/c28-19(27-8-7-26-16-4-2-1-3-15(16)24-22(26)27)10-14-11-32-21(23-14)25-20(29)13-5-6-17-18(9-13)31-12-30-17/h1-6,9,11H,7-8,10,12H2,(H,23,25,29). The summed E-state index contributed by atoms with van der Waals surface area (Å²) in [5.74, 6) is 1.45. The number of ether oxygens (including phenoxy) is 2. The Hall–Kier alpha value is -3.92. The number of thiazole rings is 1. The molecule has 0 spiro atoms. The van der Waals surface area contributed by atoms with Gasteiger partial charge in [0.05, 0.1) is 23.1 Å². The third-order valence-corrected chi connectivity index (χ3v) is 6.27. The lowest BCUT2D eigenvalue weighted by atomic mass is 10.2. The third kappa shape index (κ3) is 3.16. The van der Waals surface area contributed by atoms with Crippen molar-refractivity contribution >= 4 is 45.3 Å². The van der Waals surface area contributed by atoms with Crippen LogP contribution in [0.25, 0.3) is 11.0 Å². The van der Waals surface area contributed by atoms with Crippen molar-refractivity contribution in [1.82, 2.24) is 14.5 Å². The van der Waals surface area contributed by atoms with Crippen LogP contribution in [0.4, 0.5) is 11.1 Å². The van der Waals surface area contributed by atoms with E-state index in [1.807, 2.05) is 24.3 Å². The minimum atomic E-state index is -0.302. The number of nitrogens with one attached hydrogen (secondary N) is 1. The van der Waals surface area contributed by atoms with Gasteiger partial charge in [0.15, 0.2) is 16.6 Å². The number of hydrogen-bond acceptors (Lipinski definition) is 7. The lowest BCUT2D eigenvalue weighted by Gasteiger charge is -2.12. The highest BCUT2D eigenvalue weighted by Gasteiger charge is 2.28. The average molecular weight is 447 g/mol. The minimum Gasteiger partial charge on any atom is -0.454 e. The topological polar surface area (TPSA) is 98.6 Å². The number of fused-ring (bicyclic) bond motifs is 4. The molecule has 0 radical (unpaired) electrons. The second-order valence-corrected chi connectivity index (χ2v) is 8.30. The van der Waals surface area contributed by atoms with Gasteiger partial charge < -0.3 is 14.0 Å². The number of carbonyl (C=O) groups is 2. The molecule has 0 atom stereocenters. The van der Waals surface area contributed by atoms with E-state index >= 15 is 0 Å². The van der Waals surface area contributed by atoms with Crippen LogP contribution < -0.4 is 19.7 Å². The molecule has 2 aromatic carbocycles. The molecule has 10 heteroatoms. The summed E-state index contributed by atoms with van der Waals surface area (Å²) in [6.45, 7) is 1.46. The zero-order valence-electron chi connectivity index (χ0n) is 16.8. The minimum absolute atomic E-state index is 0.0713. The highest BCUT2D eigenvalue weighted by molar-refractivity contribution is 7.14. The van der Waals surface area contributed by atoms with Gasteiger partial charge in [-0.15, -0.1) is 11.3 Å². The third-order valence-electron chi connectivity index (χ3n) is 5.46. The van der Waals surface area contributed by atoms with Crippen molar-refractivity contribution in [2.75, 3.05) is 23.6 Å². The zero-order chi connectivity index (χ0) is 21.7. The number of amides is 2. The van der Waals surface area contributed by atoms with E-state index in [-0.39, 0.29) is 25.0 Å². The maximum absolute atomic E-state index is 12.9. The van der Waals surface area contributed by atoms with Crippen LogP contribution in [0.15, 0.2) is 47.8 Å². The number of rotatable bonds is 4. The molecule has 160 valence electrons. The normalized spacial score (nSPS) is 14.1. The molecule has 2 amide bonds. The molecule has 2 aliphatic rings. The Morgan fingerprint density at radius 2 is 1.94 bits per heavy atom. The summed E-state index contributed by atoms with van der Waals surface area (Å²) in [4.78, 5) is 36.2. The highest BCUT2D eigenvalue weighted by atomic mass is 32.1. The predicted octanol–water partition coefficient (Wildman–Crippen LogP) is 3.06. The lowest BCUT2D eigenvalue weighted by Crippen LogP contribution is -2.31. The summed E-state index contributed by atoms with van der Waals surface area (Å²) in [5, 5.41) is 5.00. The van der Waals surface area contributed by atoms with E-state index in [0.717, 1.165) is 17.6 Å². The van der Waals surface area contributed by atoms with Gasteiger partial charge in [0.25, 0.3) is 5.91 Å². The van der Waals surface area contributed by atoms with Gasteiger partial charge in [-0.3, -0.25) is 19.8 Å². The Morgan fingerprint density at radius 3 is 2.88 bits per heavy atom. The van der Waals surface area contributed by atoms with Crippen molar-refractivity contribution in [1.29, 1.82) is 0 Å². The maximum Gasteiger partial charge on any atom is 0.257 e. The first-order valence-electron chi connectivity index (χ1n) is 10.1. The number of anilines is 2. The fourth-order valence-electron chi connectivity index (χ4n) is 3.93. The molecular weight excluding hydrogens is 430 g/mol. The fraction of sp³-hybridized carbons (Fsp3) is 0.182. The van der Waals surface area contributed by atoms with Crippen LogP contribution in [-0.2, 0) is 17.8 Å². The van der Waals surface area contributed by atoms with Gasteiger partial charge in [0.1, 0.15) is 0 Å². The molecule has 1 N–H and O–H groups in total. The van der Waals surface area contributed by atoms with Gasteiger partial charge in [-0.2, -0.15) is 0 Å². The van der Waals surface area contributed by atoms with Crippen molar-refractivity contribution in [2.45, 2.75) is 13.0 Å². The molecule has 0 aliphatic carbocycles. The number of nitrogens with zero attached hydrogens (tertiary/aromatic N) is 4. The first kappa shape index (κ1) is 18.8. The van der Waals surface area contributed by atoms with Crippen LogP contribution in [0.2, 0.25) is 0 Å². The molecule has 0 saturated heterocycles. The largest absolute Gasteiger partial charge is 0.454 e. The van der Waals surface area contributed by atoms with E-state index in [4.69, 9.17) is 9.47 Å². The molecule has 4 aromatic rings. The maximum atomic E-state index is 12.9. The summed E-state index contributed by atoms with van der Waals surface area (Å²) in [7, 11) is 0. The van der Waals surface area contributed by atoms with Crippen molar-refractivity contribution in [3.8, 4) is 11.5 Å². The molecule has 32 heavy (non-hydrogen) atoms. The van der Waals surface area contributed by atoms with E-state index in [1.54, 1.807) is 28.5 Å². The summed E-state index contributed by atoms with van der Waals surface area (Å²) in [5.41, 5.74) is 2.95. The Labute approximate surface area is 186 Å². The quantitative estimate of drug-likeness (QED) is 0.516. The van der Waals surface area contributed by atoms with Gasteiger partial charge in [-0.25, -0.2) is 9.97 Å². The van der Waals surface area contributed by atoms with E-state index in [0.29, 0.717) is 40.4 Å². The number of aromatic nitrogens is 3. The Balaban J connectivity index is 1.14. The summed E-state index contributed by atoms with van der Waals surface area (Å²) in [6, 6.07) is 12.9. The van der Waals surface area contributed by atoms with E-state index < -0.39 is 0 Å². The van der Waals surface area contributed by atoms with Gasteiger partial charge in [-0.05, 0) is 30.3 Å². The smallest absolute Gasteiger partial charge is 0.257 e. The van der Waals surface area contributed by atoms with Crippen molar-refractivity contribution in [3.05, 3.63) is 59.1 Å². The second kappa shape index (κ2) is 7.34. The molecule has 6 rings (SSSR count). The van der Waals surface area contributed by atoms with Gasteiger partial charge in [-0.1, -0.05) is 12.1 Å². The predicted molar refractivity (Wildman–Crippen MR) is 118 cm³/mol. The Morgan fingerprint density at radius 1 is 1.06 bits per heavy atom. The van der Waals surface area contributed by atoms with Gasteiger partial charge >= 0.3 is 0 Å². The molecule has 2 aliphatic heterocycles. The SMILES string of the molecule is O=C(Nc1nc(CC(=O)N2CCn3c2nc2ccccc23)cs1)c1ccc2c(c1)OCO2. The van der Waals surface area contributed by atoms with Gasteiger partial charge in [0, 0.05) is 24.0 Å². The van der Waals surface area contributed by atoms with Crippen molar-refractivity contribution < 1.29 is 19.1 Å². The van der Waals surface area contributed by atoms with E-state index in [2.05, 4.69) is 19.9 Å². The summed E-state index contributed by atoms with van der Waals surface area (Å²) < 4.78 is 12.6.